The first-order valence-corrected chi connectivity index (χ1v) is 4.54. The molecule has 0 radical (unpaired) electrons. The Balaban J connectivity index is 2.89. The van der Waals surface area contributed by atoms with E-state index < -0.39 is 5.97 Å². The molecule has 0 fully saturated rings. The Bertz CT molecular complexity index is 305. The van der Waals surface area contributed by atoms with Gasteiger partial charge < -0.3 is 14.6 Å². The number of ether oxygens (including phenoxy) is 2. The van der Waals surface area contributed by atoms with Gasteiger partial charge in [0.25, 0.3) is 0 Å². The fourth-order valence-corrected chi connectivity index (χ4v) is 1.69. The van der Waals surface area contributed by atoms with Crippen LogP contribution in [-0.2, 0) is 4.74 Å². The molecule has 5 heteroatoms. The maximum absolute atomic E-state index is 11.0. The maximum atomic E-state index is 11.0. The summed E-state index contributed by atoms with van der Waals surface area (Å²) in [4.78, 5) is 11.2. The quantitative estimate of drug-likeness (QED) is 0.757. The van der Waals surface area contributed by atoms with E-state index in [4.69, 9.17) is 4.74 Å². The second-order valence-electron chi connectivity index (χ2n) is 2.20. The Labute approximate surface area is 79.7 Å². The molecule has 0 aromatic carbocycles. The number of thiophene rings is 1. The molecule has 0 amide bonds. The van der Waals surface area contributed by atoms with Crippen molar-refractivity contribution in [3.8, 4) is 10.8 Å². The number of hydrogen-bond acceptors (Lipinski definition) is 5. The fourth-order valence-electron chi connectivity index (χ4n) is 0.812. The minimum atomic E-state index is -0.548. The topological polar surface area (TPSA) is 55.8 Å². The average Bonchev–Trinajstić information content (AvgIpc) is 2.46. The lowest BCUT2D eigenvalue weighted by molar-refractivity contribution is 0.0603. The van der Waals surface area contributed by atoms with E-state index in [2.05, 4.69) is 4.74 Å². The zero-order valence-electron chi connectivity index (χ0n) is 7.36. The van der Waals surface area contributed by atoms with Crippen molar-refractivity contribution in [1.29, 1.82) is 0 Å². The Morgan fingerprint density at radius 3 is 2.92 bits per heavy atom. The van der Waals surface area contributed by atoms with Gasteiger partial charge in [-0.25, -0.2) is 4.79 Å². The van der Waals surface area contributed by atoms with Gasteiger partial charge in [0.1, 0.15) is 5.75 Å². The average molecular weight is 202 g/mol. The summed E-state index contributed by atoms with van der Waals surface area (Å²) in [6.07, 6.45) is 0. The number of hydrogen-bond donors (Lipinski definition) is 1. The predicted molar refractivity (Wildman–Crippen MR) is 48.5 cm³/mol. The molecule has 1 aromatic heterocycles. The number of methoxy groups -OCH3 is 1. The van der Waals surface area contributed by atoms with E-state index in [1.807, 2.05) is 6.92 Å². The van der Waals surface area contributed by atoms with Crippen molar-refractivity contribution < 1.29 is 19.4 Å². The summed E-state index contributed by atoms with van der Waals surface area (Å²) in [5.74, 6) is -0.645. The van der Waals surface area contributed by atoms with Gasteiger partial charge >= 0.3 is 5.97 Å². The number of carbonyl (C=O) groups is 1. The fraction of sp³-hybridized carbons (Fsp3) is 0.375. The van der Waals surface area contributed by atoms with Crippen LogP contribution in [0.25, 0.3) is 0 Å². The van der Waals surface area contributed by atoms with Crippen LogP contribution in [0, 0.1) is 0 Å². The van der Waals surface area contributed by atoms with E-state index in [-0.39, 0.29) is 10.6 Å². The molecular weight excluding hydrogens is 192 g/mol. The SMILES string of the molecule is CCOc1cc(O)c(C(=O)OC)s1. The van der Waals surface area contributed by atoms with Gasteiger partial charge in [0.15, 0.2) is 9.94 Å². The predicted octanol–water partition coefficient (Wildman–Crippen LogP) is 1.64. The molecule has 4 nitrogen and oxygen atoms in total. The number of aromatic hydroxyl groups is 1. The normalized spacial score (nSPS) is 9.69. The minimum absolute atomic E-state index is 0.0969. The van der Waals surface area contributed by atoms with E-state index in [0.29, 0.717) is 11.7 Å². The van der Waals surface area contributed by atoms with Gasteiger partial charge in [0.05, 0.1) is 13.7 Å². The monoisotopic (exact) mass is 202 g/mol. The van der Waals surface area contributed by atoms with E-state index in [0.717, 1.165) is 11.3 Å². The third-order valence-corrected chi connectivity index (χ3v) is 2.36. The molecule has 13 heavy (non-hydrogen) atoms. The third kappa shape index (κ3) is 2.12. The molecule has 0 unspecified atom stereocenters. The van der Waals surface area contributed by atoms with Gasteiger partial charge in [-0.15, -0.1) is 0 Å². The smallest absolute Gasteiger partial charge is 0.352 e. The van der Waals surface area contributed by atoms with E-state index >= 15 is 0 Å². The van der Waals surface area contributed by atoms with Crippen molar-refractivity contribution in [2.24, 2.45) is 0 Å². The lowest BCUT2D eigenvalue weighted by Gasteiger charge is -1.95. The largest absolute Gasteiger partial charge is 0.506 e. The molecule has 0 aliphatic heterocycles. The van der Waals surface area contributed by atoms with Crippen LogP contribution in [-0.4, -0.2) is 24.8 Å². The molecule has 0 bridgehead atoms. The Morgan fingerprint density at radius 2 is 2.38 bits per heavy atom. The van der Waals surface area contributed by atoms with Crippen LogP contribution in [0.1, 0.15) is 16.6 Å². The second-order valence-corrected chi connectivity index (χ2v) is 3.22. The molecule has 1 N–H and O–H groups in total. The number of rotatable bonds is 3. The Morgan fingerprint density at radius 1 is 1.69 bits per heavy atom. The van der Waals surface area contributed by atoms with E-state index in [1.54, 1.807) is 0 Å². The maximum Gasteiger partial charge on any atom is 0.352 e. The summed E-state index contributed by atoms with van der Waals surface area (Å²) < 4.78 is 9.58. The highest BCUT2D eigenvalue weighted by Gasteiger charge is 2.16. The Hall–Kier alpha value is -1.23. The molecule has 0 atom stereocenters. The molecule has 1 heterocycles. The van der Waals surface area contributed by atoms with Crippen molar-refractivity contribution >= 4 is 17.3 Å². The summed E-state index contributed by atoms with van der Waals surface area (Å²) in [6, 6.07) is 1.40. The molecule has 0 saturated carbocycles. The zero-order chi connectivity index (χ0) is 9.84. The van der Waals surface area contributed by atoms with Crippen molar-refractivity contribution in [3.63, 3.8) is 0 Å². The molecule has 0 aliphatic carbocycles. The summed E-state index contributed by atoms with van der Waals surface area (Å²) in [5.41, 5.74) is 0. The van der Waals surface area contributed by atoms with Gasteiger partial charge in [0, 0.05) is 6.07 Å². The molecule has 72 valence electrons. The molecule has 0 saturated heterocycles. The summed E-state index contributed by atoms with van der Waals surface area (Å²) in [6.45, 7) is 2.33. The highest BCUT2D eigenvalue weighted by molar-refractivity contribution is 7.16. The summed E-state index contributed by atoms with van der Waals surface area (Å²) >= 11 is 1.07. The van der Waals surface area contributed by atoms with Crippen molar-refractivity contribution in [2.45, 2.75) is 6.92 Å². The van der Waals surface area contributed by atoms with Gasteiger partial charge in [-0.2, -0.15) is 0 Å². The first-order valence-electron chi connectivity index (χ1n) is 3.73. The van der Waals surface area contributed by atoms with Crippen LogP contribution < -0.4 is 4.74 Å². The number of carbonyl (C=O) groups excluding carboxylic acids is 1. The molecular formula is C8H10O4S. The van der Waals surface area contributed by atoms with Crippen LogP contribution in [0.5, 0.6) is 10.8 Å². The molecule has 0 aliphatic rings. The van der Waals surface area contributed by atoms with Gasteiger partial charge in [-0.1, -0.05) is 11.3 Å². The van der Waals surface area contributed by atoms with Crippen LogP contribution in [0.2, 0.25) is 0 Å². The lowest BCUT2D eigenvalue weighted by Crippen LogP contribution is -1.97. The second kappa shape index (κ2) is 4.13. The van der Waals surface area contributed by atoms with Crippen LogP contribution in [0.3, 0.4) is 0 Å². The minimum Gasteiger partial charge on any atom is -0.506 e. The first kappa shape index (κ1) is 9.85. The Kier molecular flexibility index (Phi) is 3.13. The van der Waals surface area contributed by atoms with Gasteiger partial charge in [-0.05, 0) is 6.92 Å². The first-order chi connectivity index (χ1) is 6.19. The number of esters is 1. The van der Waals surface area contributed by atoms with Crippen LogP contribution >= 0.6 is 11.3 Å². The summed E-state index contributed by atoms with van der Waals surface area (Å²) in [5, 5.41) is 9.80. The highest BCUT2D eigenvalue weighted by atomic mass is 32.1. The van der Waals surface area contributed by atoms with Gasteiger partial charge in [-0.3, -0.25) is 0 Å². The third-order valence-electron chi connectivity index (χ3n) is 1.35. The molecule has 1 aromatic rings. The standard InChI is InChI=1S/C8H10O4S/c1-3-12-6-4-5(9)7(13-6)8(10)11-2/h4,9H,3H2,1-2H3. The zero-order valence-corrected chi connectivity index (χ0v) is 8.18. The van der Waals surface area contributed by atoms with E-state index in [1.165, 1.54) is 13.2 Å². The molecule has 0 spiro atoms. The van der Waals surface area contributed by atoms with Crippen molar-refractivity contribution in [3.05, 3.63) is 10.9 Å². The lowest BCUT2D eigenvalue weighted by atomic mass is 10.4. The van der Waals surface area contributed by atoms with Crippen molar-refractivity contribution in [2.75, 3.05) is 13.7 Å². The van der Waals surface area contributed by atoms with Crippen molar-refractivity contribution in [1.82, 2.24) is 0 Å². The molecule has 1 rings (SSSR count). The highest BCUT2D eigenvalue weighted by Crippen LogP contribution is 2.34. The van der Waals surface area contributed by atoms with Gasteiger partial charge in [0.2, 0.25) is 0 Å². The van der Waals surface area contributed by atoms with Crippen LogP contribution in [0.4, 0.5) is 0 Å². The van der Waals surface area contributed by atoms with E-state index in [9.17, 15) is 9.90 Å². The summed E-state index contributed by atoms with van der Waals surface area (Å²) in [7, 11) is 1.27. The van der Waals surface area contributed by atoms with Crippen LogP contribution in [0.15, 0.2) is 6.07 Å².